The standard InChI is InChI=1S/C20H21FN4O/c1-14(19-22-17-8-4-2-6-15(17)20(26)23-19)24-10-12-25(13-11-24)18-9-5-3-7-16(18)21/h2-9,14H,10-13H2,1H3,(H,22,23,26). The summed E-state index contributed by atoms with van der Waals surface area (Å²) >= 11 is 0. The van der Waals surface area contributed by atoms with E-state index in [4.69, 9.17) is 0 Å². The zero-order valence-corrected chi connectivity index (χ0v) is 14.7. The van der Waals surface area contributed by atoms with Crippen LogP contribution in [-0.2, 0) is 0 Å². The third-order valence-electron chi connectivity index (χ3n) is 5.08. The molecule has 0 aliphatic carbocycles. The lowest BCUT2D eigenvalue weighted by atomic mass is 10.1. The van der Waals surface area contributed by atoms with E-state index in [9.17, 15) is 9.18 Å². The van der Waals surface area contributed by atoms with Crippen LogP contribution < -0.4 is 10.5 Å². The number of fused-ring (bicyclic) bond motifs is 1. The summed E-state index contributed by atoms with van der Waals surface area (Å²) in [5, 5.41) is 0.604. The van der Waals surface area contributed by atoms with Gasteiger partial charge in [-0.2, -0.15) is 0 Å². The summed E-state index contributed by atoms with van der Waals surface area (Å²) < 4.78 is 14.0. The molecule has 0 radical (unpaired) electrons. The maximum Gasteiger partial charge on any atom is 0.258 e. The highest BCUT2D eigenvalue weighted by molar-refractivity contribution is 5.77. The van der Waals surface area contributed by atoms with Crippen LogP contribution >= 0.6 is 0 Å². The number of aromatic nitrogens is 2. The van der Waals surface area contributed by atoms with Crippen molar-refractivity contribution >= 4 is 16.6 Å². The molecule has 0 spiro atoms. The molecule has 2 aromatic carbocycles. The summed E-state index contributed by atoms with van der Waals surface area (Å²) in [6, 6.07) is 14.2. The van der Waals surface area contributed by atoms with E-state index in [2.05, 4.69) is 19.8 Å². The Labute approximate surface area is 151 Å². The number of aromatic amines is 1. The van der Waals surface area contributed by atoms with Gasteiger partial charge in [-0.25, -0.2) is 9.37 Å². The third-order valence-corrected chi connectivity index (χ3v) is 5.08. The number of rotatable bonds is 3. The summed E-state index contributed by atoms with van der Waals surface area (Å²) in [5.74, 6) is 0.488. The minimum Gasteiger partial charge on any atom is -0.367 e. The first-order valence-electron chi connectivity index (χ1n) is 8.86. The lowest BCUT2D eigenvalue weighted by molar-refractivity contribution is 0.191. The molecule has 1 fully saturated rings. The van der Waals surface area contributed by atoms with Gasteiger partial charge in [-0.3, -0.25) is 9.69 Å². The van der Waals surface area contributed by atoms with Gasteiger partial charge in [-0.05, 0) is 31.2 Å². The largest absolute Gasteiger partial charge is 0.367 e. The number of benzene rings is 2. The number of anilines is 1. The fourth-order valence-electron chi connectivity index (χ4n) is 3.53. The first kappa shape index (κ1) is 16.7. The lowest BCUT2D eigenvalue weighted by Gasteiger charge is -2.38. The van der Waals surface area contributed by atoms with Gasteiger partial charge in [0.05, 0.1) is 22.6 Å². The number of hydrogen-bond donors (Lipinski definition) is 1. The smallest absolute Gasteiger partial charge is 0.258 e. The van der Waals surface area contributed by atoms with E-state index in [0.717, 1.165) is 26.2 Å². The predicted octanol–water partition coefficient (Wildman–Crippen LogP) is 2.95. The fourth-order valence-corrected chi connectivity index (χ4v) is 3.53. The minimum atomic E-state index is -0.186. The molecule has 26 heavy (non-hydrogen) atoms. The van der Waals surface area contributed by atoms with Crippen LogP contribution in [0, 0.1) is 5.82 Å². The zero-order valence-electron chi connectivity index (χ0n) is 14.7. The van der Waals surface area contributed by atoms with E-state index < -0.39 is 0 Å². The van der Waals surface area contributed by atoms with Gasteiger partial charge in [-0.1, -0.05) is 24.3 Å². The van der Waals surface area contributed by atoms with Crippen LogP contribution in [-0.4, -0.2) is 41.0 Å². The molecule has 1 atom stereocenters. The first-order valence-corrected chi connectivity index (χ1v) is 8.86. The maximum atomic E-state index is 14.0. The Balaban J connectivity index is 1.51. The van der Waals surface area contributed by atoms with E-state index in [0.29, 0.717) is 22.4 Å². The van der Waals surface area contributed by atoms with Crippen molar-refractivity contribution in [1.82, 2.24) is 14.9 Å². The maximum absolute atomic E-state index is 14.0. The van der Waals surface area contributed by atoms with Gasteiger partial charge in [0.25, 0.3) is 5.56 Å². The molecule has 1 aliphatic rings. The summed E-state index contributed by atoms with van der Waals surface area (Å²) in [7, 11) is 0. The fraction of sp³-hybridized carbons (Fsp3) is 0.300. The minimum absolute atomic E-state index is 0.00456. The average Bonchev–Trinajstić information content (AvgIpc) is 2.68. The highest BCUT2D eigenvalue weighted by Crippen LogP contribution is 2.24. The Morgan fingerprint density at radius 2 is 1.73 bits per heavy atom. The molecule has 6 heteroatoms. The SMILES string of the molecule is CC(c1nc2ccccc2c(=O)[nH]1)N1CCN(c2ccccc2F)CC1. The van der Waals surface area contributed by atoms with Crippen molar-refractivity contribution in [2.24, 2.45) is 0 Å². The molecule has 0 bridgehead atoms. The van der Waals surface area contributed by atoms with E-state index in [1.165, 1.54) is 6.07 Å². The topological polar surface area (TPSA) is 52.2 Å². The molecule has 1 unspecified atom stereocenters. The van der Waals surface area contributed by atoms with Crippen molar-refractivity contribution in [1.29, 1.82) is 0 Å². The number of H-pyrrole nitrogens is 1. The lowest BCUT2D eigenvalue weighted by Crippen LogP contribution is -2.47. The van der Waals surface area contributed by atoms with Gasteiger partial charge in [0.1, 0.15) is 11.6 Å². The summed E-state index contributed by atoms with van der Waals surface area (Å²) in [6.07, 6.45) is 0. The molecule has 134 valence electrons. The van der Waals surface area contributed by atoms with Crippen molar-refractivity contribution in [2.45, 2.75) is 13.0 Å². The number of piperazine rings is 1. The Morgan fingerprint density at radius 1 is 1.04 bits per heavy atom. The third kappa shape index (κ3) is 3.08. The van der Waals surface area contributed by atoms with Crippen molar-refractivity contribution in [2.75, 3.05) is 31.1 Å². The van der Waals surface area contributed by atoms with Gasteiger partial charge >= 0.3 is 0 Å². The van der Waals surface area contributed by atoms with E-state index in [1.807, 2.05) is 37.3 Å². The van der Waals surface area contributed by atoms with Crippen molar-refractivity contribution < 1.29 is 4.39 Å². The molecule has 0 saturated carbocycles. The molecule has 1 aliphatic heterocycles. The van der Waals surface area contributed by atoms with Gasteiger partial charge in [-0.15, -0.1) is 0 Å². The second-order valence-corrected chi connectivity index (χ2v) is 6.62. The number of nitrogens with one attached hydrogen (secondary N) is 1. The summed E-state index contributed by atoms with van der Waals surface area (Å²) in [5.41, 5.74) is 1.25. The number of halogens is 1. The normalized spacial score (nSPS) is 16.8. The second kappa shape index (κ2) is 6.88. The molecule has 1 N–H and O–H groups in total. The molecule has 3 aromatic rings. The Morgan fingerprint density at radius 3 is 2.50 bits per heavy atom. The van der Waals surface area contributed by atoms with Crippen LogP contribution in [0.5, 0.6) is 0 Å². The van der Waals surface area contributed by atoms with Crippen LogP contribution in [0.15, 0.2) is 53.3 Å². The Bertz CT molecular complexity index is 979. The van der Waals surface area contributed by atoms with E-state index >= 15 is 0 Å². The number of para-hydroxylation sites is 2. The van der Waals surface area contributed by atoms with Crippen molar-refractivity contribution in [3.63, 3.8) is 0 Å². The Kier molecular flexibility index (Phi) is 4.42. The molecule has 1 aromatic heterocycles. The van der Waals surface area contributed by atoms with Crippen LogP contribution in [0.3, 0.4) is 0 Å². The van der Waals surface area contributed by atoms with Crippen LogP contribution in [0.2, 0.25) is 0 Å². The van der Waals surface area contributed by atoms with Crippen LogP contribution in [0.1, 0.15) is 18.8 Å². The van der Waals surface area contributed by atoms with E-state index in [1.54, 1.807) is 12.1 Å². The quantitative estimate of drug-likeness (QED) is 0.787. The van der Waals surface area contributed by atoms with Crippen LogP contribution in [0.25, 0.3) is 10.9 Å². The molecule has 4 rings (SSSR count). The van der Waals surface area contributed by atoms with Gasteiger partial charge in [0, 0.05) is 26.2 Å². The summed E-state index contributed by atoms with van der Waals surface area (Å²) in [4.78, 5) is 24.2. The van der Waals surface area contributed by atoms with Gasteiger partial charge in [0.15, 0.2) is 0 Å². The molecular formula is C20H21FN4O. The van der Waals surface area contributed by atoms with Gasteiger partial charge < -0.3 is 9.88 Å². The molecule has 1 saturated heterocycles. The van der Waals surface area contributed by atoms with Crippen molar-refractivity contribution in [3.8, 4) is 0 Å². The highest BCUT2D eigenvalue weighted by Gasteiger charge is 2.25. The van der Waals surface area contributed by atoms with Crippen molar-refractivity contribution in [3.05, 3.63) is 70.5 Å². The first-order chi connectivity index (χ1) is 12.6. The van der Waals surface area contributed by atoms with E-state index in [-0.39, 0.29) is 17.4 Å². The summed E-state index contributed by atoms with van der Waals surface area (Å²) in [6.45, 7) is 5.09. The number of nitrogens with zero attached hydrogens (tertiary/aromatic N) is 3. The molecule has 0 amide bonds. The van der Waals surface area contributed by atoms with Gasteiger partial charge in [0.2, 0.25) is 0 Å². The van der Waals surface area contributed by atoms with Crippen LogP contribution in [0.4, 0.5) is 10.1 Å². The zero-order chi connectivity index (χ0) is 18.1. The molecular weight excluding hydrogens is 331 g/mol. The highest BCUT2D eigenvalue weighted by atomic mass is 19.1. The average molecular weight is 352 g/mol. The number of hydrogen-bond acceptors (Lipinski definition) is 4. The predicted molar refractivity (Wildman–Crippen MR) is 101 cm³/mol. The Hall–Kier alpha value is -2.73. The monoisotopic (exact) mass is 352 g/mol. The molecule has 5 nitrogen and oxygen atoms in total. The molecule has 2 heterocycles. The second-order valence-electron chi connectivity index (χ2n) is 6.62.